The molecule has 35 heavy (non-hydrogen) atoms. The smallest absolute Gasteiger partial charge is 0.420 e. The number of hydrogen-bond acceptors (Lipinski definition) is 5. The van der Waals surface area contributed by atoms with Crippen molar-refractivity contribution in [1.29, 1.82) is 0 Å². The maximum atomic E-state index is 13.9. The van der Waals surface area contributed by atoms with E-state index >= 15 is 0 Å². The third-order valence-corrected chi connectivity index (χ3v) is 6.32. The van der Waals surface area contributed by atoms with E-state index in [1.165, 1.54) is 18.7 Å². The van der Waals surface area contributed by atoms with E-state index in [1.807, 2.05) is 24.3 Å². The van der Waals surface area contributed by atoms with Gasteiger partial charge in [0, 0.05) is 42.1 Å². The minimum atomic E-state index is -4.70. The van der Waals surface area contributed by atoms with Gasteiger partial charge in [0.1, 0.15) is 10.9 Å². The molecule has 5 rings (SSSR count). The van der Waals surface area contributed by atoms with Crippen molar-refractivity contribution in [3.8, 4) is 16.9 Å². The fraction of sp³-hybridized carbons (Fsp3) is 0.250. The van der Waals surface area contributed by atoms with Gasteiger partial charge in [-0.05, 0) is 42.8 Å². The Bertz CT molecular complexity index is 1370. The molecule has 1 atom stereocenters. The maximum Gasteiger partial charge on any atom is 0.420 e. The highest BCUT2D eigenvalue weighted by Crippen LogP contribution is 2.37. The van der Waals surface area contributed by atoms with Crippen LogP contribution in [0.15, 0.2) is 59.5 Å². The number of pyridine rings is 1. The molecule has 0 spiro atoms. The molecule has 0 aliphatic carbocycles. The number of fused-ring (bicyclic) bond motifs is 1. The Kier molecular flexibility index (Phi) is 5.84. The van der Waals surface area contributed by atoms with Crippen LogP contribution < -0.4 is 10.1 Å². The molecular weight excluding hydrogens is 485 g/mol. The van der Waals surface area contributed by atoms with E-state index in [9.17, 15) is 18.0 Å². The average molecular weight is 505 g/mol. The fourth-order valence-corrected chi connectivity index (χ4v) is 4.44. The Morgan fingerprint density at radius 3 is 2.66 bits per heavy atom. The van der Waals surface area contributed by atoms with Crippen LogP contribution in [0.25, 0.3) is 16.8 Å². The molecule has 1 fully saturated rings. The summed E-state index contributed by atoms with van der Waals surface area (Å²) >= 11 is 6.42. The van der Waals surface area contributed by atoms with Crippen LogP contribution in [0, 0.1) is 0 Å². The quantitative estimate of drug-likeness (QED) is 0.383. The van der Waals surface area contributed by atoms with Crippen molar-refractivity contribution < 1.29 is 27.1 Å². The lowest BCUT2D eigenvalue weighted by Crippen LogP contribution is -2.32. The van der Waals surface area contributed by atoms with Crippen molar-refractivity contribution in [3.63, 3.8) is 0 Å². The van der Waals surface area contributed by atoms with Crippen LogP contribution in [-0.2, 0) is 6.18 Å². The second kappa shape index (κ2) is 8.84. The molecule has 1 saturated heterocycles. The molecule has 3 aromatic heterocycles. The van der Waals surface area contributed by atoms with Crippen molar-refractivity contribution >= 4 is 28.8 Å². The lowest BCUT2D eigenvalue weighted by Gasteiger charge is -2.17. The van der Waals surface area contributed by atoms with E-state index in [4.69, 9.17) is 20.8 Å². The van der Waals surface area contributed by atoms with Crippen LogP contribution >= 0.6 is 11.6 Å². The van der Waals surface area contributed by atoms with Crippen molar-refractivity contribution in [2.24, 2.45) is 0 Å². The standard InChI is InChI=1S/C24H20ClF3N4O3/c1-34-18-4-2-16(3-5-18)29-17-6-8-31(12-17)23(33)20-21(25)32-11-15(14-7-9-35-13-14)10-19(22(32)30-20)24(26,27)28/h2-5,7,9-11,13,17,29H,6,8,12H2,1H3. The summed E-state index contributed by atoms with van der Waals surface area (Å²) in [5.41, 5.74) is -0.0734. The Morgan fingerprint density at radius 2 is 2.00 bits per heavy atom. The van der Waals surface area contributed by atoms with Crippen LogP contribution in [-0.4, -0.2) is 46.4 Å². The van der Waals surface area contributed by atoms with Crippen molar-refractivity contribution in [3.05, 3.63) is 71.5 Å². The number of hydrogen-bond donors (Lipinski definition) is 1. The minimum absolute atomic E-state index is 0.0263. The van der Waals surface area contributed by atoms with Crippen molar-refractivity contribution in [2.45, 2.75) is 18.6 Å². The molecule has 0 radical (unpaired) electrons. The summed E-state index contributed by atoms with van der Waals surface area (Å²) < 4.78 is 52.8. The number of likely N-dealkylation sites (tertiary alicyclic amines) is 1. The number of carbonyl (C=O) groups is 1. The first-order valence-corrected chi connectivity index (χ1v) is 11.1. The summed E-state index contributed by atoms with van der Waals surface area (Å²) in [6.45, 7) is 0.782. The number of ether oxygens (including phenoxy) is 1. The fourth-order valence-electron chi connectivity index (χ4n) is 4.18. The van der Waals surface area contributed by atoms with E-state index in [2.05, 4.69) is 10.3 Å². The van der Waals surface area contributed by atoms with Gasteiger partial charge >= 0.3 is 6.18 Å². The molecule has 1 aliphatic heterocycles. The van der Waals surface area contributed by atoms with Crippen LogP contribution in [0.5, 0.6) is 5.75 Å². The second-order valence-electron chi connectivity index (χ2n) is 8.21. The third-order valence-electron chi connectivity index (χ3n) is 5.96. The molecule has 1 aliphatic rings. The Hall–Kier alpha value is -3.66. The summed E-state index contributed by atoms with van der Waals surface area (Å²) in [6.07, 6.45) is 0.0806. The zero-order valence-electron chi connectivity index (χ0n) is 18.5. The number of anilines is 1. The predicted molar refractivity (Wildman–Crippen MR) is 124 cm³/mol. The number of methoxy groups -OCH3 is 1. The molecular formula is C24H20ClF3N4O3. The highest BCUT2D eigenvalue weighted by atomic mass is 35.5. The SMILES string of the molecule is COc1ccc(NC2CCN(C(=O)c3nc4c(C(F)(F)F)cc(-c5ccoc5)cn4c3Cl)C2)cc1. The van der Waals surface area contributed by atoms with Gasteiger partial charge in [-0.1, -0.05) is 11.6 Å². The maximum absolute atomic E-state index is 13.9. The van der Waals surface area contributed by atoms with E-state index in [1.54, 1.807) is 18.1 Å². The zero-order valence-corrected chi connectivity index (χ0v) is 19.2. The number of nitrogens with one attached hydrogen (secondary N) is 1. The lowest BCUT2D eigenvalue weighted by atomic mass is 10.1. The molecule has 4 aromatic rings. The molecule has 11 heteroatoms. The van der Waals surface area contributed by atoms with Gasteiger partial charge in [-0.3, -0.25) is 9.20 Å². The Balaban J connectivity index is 1.42. The molecule has 0 saturated carbocycles. The highest BCUT2D eigenvalue weighted by molar-refractivity contribution is 6.33. The van der Waals surface area contributed by atoms with Crippen LogP contribution in [0.3, 0.4) is 0 Å². The van der Waals surface area contributed by atoms with E-state index < -0.39 is 23.3 Å². The first-order valence-electron chi connectivity index (χ1n) is 10.8. The van der Waals surface area contributed by atoms with Gasteiger partial charge in [-0.25, -0.2) is 4.98 Å². The first-order chi connectivity index (χ1) is 16.7. The Labute approximate surface area is 203 Å². The number of alkyl halides is 3. The average Bonchev–Trinajstić information content (AvgIpc) is 3.59. The van der Waals surface area contributed by atoms with Gasteiger partial charge in [0.15, 0.2) is 11.3 Å². The van der Waals surface area contributed by atoms with E-state index in [0.29, 0.717) is 25.1 Å². The number of amides is 1. The molecule has 4 heterocycles. The number of nitrogens with zero attached hydrogens (tertiary/aromatic N) is 3. The third kappa shape index (κ3) is 4.41. The van der Waals surface area contributed by atoms with Gasteiger partial charge in [-0.2, -0.15) is 13.2 Å². The van der Waals surface area contributed by atoms with Crippen LogP contribution in [0.1, 0.15) is 22.5 Å². The number of furan rings is 1. The molecule has 1 amide bonds. The highest BCUT2D eigenvalue weighted by Gasteiger charge is 2.37. The van der Waals surface area contributed by atoms with E-state index in [0.717, 1.165) is 21.9 Å². The normalized spacial score (nSPS) is 16.1. The first kappa shape index (κ1) is 23.1. The number of halogens is 4. The van der Waals surface area contributed by atoms with Gasteiger partial charge < -0.3 is 19.4 Å². The van der Waals surface area contributed by atoms with Crippen LogP contribution in [0.4, 0.5) is 18.9 Å². The van der Waals surface area contributed by atoms with Crippen molar-refractivity contribution in [1.82, 2.24) is 14.3 Å². The minimum Gasteiger partial charge on any atom is -0.497 e. The summed E-state index contributed by atoms with van der Waals surface area (Å²) in [7, 11) is 1.59. The predicted octanol–water partition coefficient (Wildman–Crippen LogP) is 5.60. The topological polar surface area (TPSA) is 72.0 Å². The monoisotopic (exact) mass is 504 g/mol. The van der Waals surface area contributed by atoms with Gasteiger partial charge in [0.2, 0.25) is 0 Å². The molecule has 1 unspecified atom stereocenters. The molecule has 7 nitrogen and oxygen atoms in total. The number of benzene rings is 1. The number of carbonyl (C=O) groups excluding carboxylic acids is 1. The van der Waals surface area contributed by atoms with Gasteiger partial charge in [0.25, 0.3) is 5.91 Å². The van der Waals surface area contributed by atoms with Crippen molar-refractivity contribution in [2.75, 3.05) is 25.5 Å². The van der Waals surface area contributed by atoms with Crippen LogP contribution in [0.2, 0.25) is 5.15 Å². The molecule has 1 N–H and O–H groups in total. The molecule has 1 aromatic carbocycles. The van der Waals surface area contributed by atoms with E-state index in [-0.39, 0.29) is 22.5 Å². The lowest BCUT2D eigenvalue weighted by molar-refractivity contribution is -0.136. The largest absolute Gasteiger partial charge is 0.497 e. The summed E-state index contributed by atoms with van der Waals surface area (Å²) in [5.74, 6) is 0.213. The number of aromatic nitrogens is 2. The number of rotatable bonds is 5. The van der Waals surface area contributed by atoms with Gasteiger partial charge in [-0.15, -0.1) is 0 Å². The molecule has 0 bridgehead atoms. The Morgan fingerprint density at radius 1 is 1.23 bits per heavy atom. The van der Waals surface area contributed by atoms with Gasteiger partial charge in [0.05, 0.1) is 25.2 Å². The number of imidazole rings is 1. The summed E-state index contributed by atoms with van der Waals surface area (Å²) in [5, 5.41) is 3.18. The summed E-state index contributed by atoms with van der Waals surface area (Å²) in [4.78, 5) is 18.8. The zero-order chi connectivity index (χ0) is 24.7. The second-order valence-corrected chi connectivity index (χ2v) is 8.56. The summed E-state index contributed by atoms with van der Waals surface area (Å²) in [6, 6.07) is 9.89. The molecule has 182 valence electrons.